The first-order chi connectivity index (χ1) is 7.26. The van der Waals surface area contributed by atoms with Crippen LogP contribution in [0.1, 0.15) is 13.8 Å². The molecule has 1 rings (SSSR count). The number of halogens is 1. The minimum Gasteiger partial charge on any atom is -0.494 e. The first kappa shape index (κ1) is 16.7. The van der Waals surface area contributed by atoms with Gasteiger partial charge < -0.3 is 10.5 Å². The number of sulfonamides is 1. The molecular weight excluding hydrogens is 284 g/mol. The van der Waals surface area contributed by atoms with Crippen molar-refractivity contribution in [2.24, 2.45) is 5.73 Å². The smallest absolute Gasteiger partial charge is 0.253 e. The molecule has 1 aromatic heterocycles. The van der Waals surface area contributed by atoms with Crippen molar-refractivity contribution in [2.75, 3.05) is 13.7 Å². The van der Waals surface area contributed by atoms with Crippen molar-refractivity contribution in [1.82, 2.24) is 4.72 Å². The molecule has 0 aliphatic rings. The predicted molar refractivity (Wildman–Crippen MR) is 71.6 cm³/mol. The summed E-state index contributed by atoms with van der Waals surface area (Å²) in [7, 11) is -2.09. The average Bonchev–Trinajstić information content (AvgIpc) is 2.62. The van der Waals surface area contributed by atoms with E-state index in [1.54, 1.807) is 25.3 Å². The van der Waals surface area contributed by atoms with E-state index in [9.17, 15) is 8.42 Å². The third-order valence-corrected chi connectivity index (χ3v) is 4.63. The number of nitrogens with one attached hydrogen (secondary N) is 1. The Morgan fingerprint density at radius 3 is 2.59 bits per heavy atom. The molecule has 1 aromatic rings. The maximum Gasteiger partial charge on any atom is 0.253 e. The summed E-state index contributed by atoms with van der Waals surface area (Å²) in [6, 6.07) is 1.62. The fraction of sp³-hybridized carbons (Fsp3) is 0.556. The van der Waals surface area contributed by atoms with Gasteiger partial charge in [0.2, 0.25) is 0 Å². The van der Waals surface area contributed by atoms with Crippen molar-refractivity contribution in [1.29, 1.82) is 0 Å². The van der Waals surface area contributed by atoms with Gasteiger partial charge in [0.15, 0.2) is 4.21 Å². The lowest BCUT2D eigenvalue weighted by Crippen LogP contribution is -2.44. The van der Waals surface area contributed by atoms with Gasteiger partial charge in [0.1, 0.15) is 5.75 Å². The Labute approximate surface area is 112 Å². The monoisotopic (exact) mass is 300 g/mol. The normalized spacial score (nSPS) is 12.0. The third-order valence-electron chi connectivity index (χ3n) is 1.78. The Balaban J connectivity index is 0.00000256. The molecule has 3 N–H and O–H groups in total. The second kappa shape index (κ2) is 6.01. The highest BCUT2D eigenvalue weighted by Crippen LogP contribution is 2.29. The fourth-order valence-corrected chi connectivity index (χ4v) is 3.52. The zero-order chi connectivity index (χ0) is 12.4. The number of nitrogens with two attached hydrogens (primary N) is 1. The molecular formula is C9H17ClN2O3S2. The summed E-state index contributed by atoms with van der Waals surface area (Å²) in [5, 5.41) is 1.67. The Morgan fingerprint density at radius 1 is 1.53 bits per heavy atom. The van der Waals surface area contributed by atoms with Crippen LogP contribution in [0.25, 0.3) is 0 Å². The summed E-state index contributed by atoms with van der Waals surface area (Å²) in [6.07, 6.45) is 0. The fourth-order valence-electron chi connectivity index (χ4n) is 0.977. The van der Waals surface area contributed by atoms with Crippen LogP contribution in [0.5, 0.6) is 5.75 Å². The van der Waals surface area contributed by atoms with E-state index in [2.05, 4.69) is 4.72 Å². The van der Waals surface area contributed by atoms with Gasteiger partial charge in [-0.15, -0.1) is 23.7 Å². The largest absolute Gasteiger partial charge is 0.494 e. The standard InChI is InChI=1S/C9H16N2O3S2.ClH/c1-9(2,10)6-11-16(12,13)8-7(14-3)4-5-15-8;/h4-5,11H,6,10H2,1-3H3;1H. The van der Waals surface area contributed by atoms with Crippen molar-refractivity contribution < 1.29 is 13.2 Å². The van der Waals surface area contributed by atoms with E-state index in [0.717, 1.165) is 11.3 Å². The minimum atomic E-state index is -3.53. The van der Waals surface area contributed by atoms with E-state index in [-0.39, 0.29) is 23.2 Å². The molecule has 0 amide bonds. The number of hydrogen-bond donors (Lipinski definition) is 2. The van der Waals surface area contributed by atoms with Crippen LogP contribution in [0.4, 0.5) is 0 Å². The van der Waals surface area contributed by atoms with Crippen LogP contribution in [0.2, 0.25) is 0 Å². The molecule has 100 valence electrons. The summed E-state index contributed by atoms with van der Waals surface area (Å²) in [4.78, 5) is 0. The molecule has 0 atom stereocenters. The first-order valence-electron chi connectivity index (χ1n) is 4.66. The molecule has 0 aliphatic carbocycles. The zero-order valence-corrected chi connectivity index (χ0v) is 12.3. The van der Waals surface area contributed by atoms with E-state index in [1.165, 1.54) is 7.11 Å². The van der Waals surface area contributed by atoms with Gasteiger partial charge in [0.05, 0.1) is 7.11 Å². The third kappa shape index (κ3) is 4.81. The van der Waals surface area contributed by atoms with Gasteiger partial charge in [-0.05, 0) is 25.3 Å². The molecule has 8 heteroatoms. The molecule has 0 spiro atoms. The van der Waals surface area contributed by atoms with Gasteiger partial charge in [-0.1, -0.05) is 0 Å². The van der Waals surface area contributed by atoms with Crippen LogP contribution >= 0.6 is 23.7 Å². The summed E-state index contributed by atoms with van der Waals surface area (Å²) < 4.78 is 31.4. The van der Waals surface area contributed by atoms with E-state index in [1.807, 2.05) is 0 Å². The van der Waals surface area contributed by atoms with E-state index >= 15 is 0 Å². The second-order valence-electron chi connectivity index (χ2n) is 4.09. The Morgan fingerprint density at radius 2 is 2.12 bits per heavy atom. The van der Waals surface area contributed by atoms with Crippen molar-refractivity contribution in [3.63, 3.8) is 0 Å². The summed E-state index contributed by atoms with van der Waals surface area (Å²) in [5.74, 6) is 0.354. The molecule has 0 saturated carbocycles. The van der Waals surface area contributed by atoms with Crippen LogP contribution in [0.3, 0.4) is 0 Å². The topological polar surface area (TPSA) is 81.4 Å². The van der Waals surface area contributed by atoms with Gasteiger partial charge >= 0.3 is 0 Å². The van der Waals surface area contributed by atoms with Gasteiger partial charge in [0.25, 0.3) is 10.0 Å². The number of rotatable bonds is 5. The molecule has 0 unspecified atom stereocenters. The van der Waals surface area contributed by atoms with Crippen molar-refractivity contribution in [3.05, 3.63) is 11.4 Å². The maximum absolute atomic E-state index is 11.9. The van der Waals surface area contributed by atoms with E-state index in [4.69, 9.17) is 10.5 Å². The highest BCUT2D eigenvalue weighted by Gasteiger charge is 2.23. The molecule has 0 bridgehead atoms. The van der Waals surface area contributed by atoms with Gasteiger partial charge in [-0.2, -0.15) is 0 Å². The lowest BCUT2D eigenvalue weighted by Gasteiger charge is -2.18. The van der Waals surface area contributed by atoms with Crippen molar-refractivity contribution >= 4 is 33.8 Å². The summed E-state index contributed by atoms with van der Waals surface area (Å²) in [5.41, 5.74) is 5.13. The summed E-state index contributed by atoms with van der Waals surface area (Å²) >= 11 is 1.12. The first-order valence-corrected chi connectivity index (χ1v) is 7.02. The Kier molecular flexibility index (Phi) is 5.89. The molecule has 17 heavy (non-hydrogen) atoms. The molecule has 0 radical (unpaired) electrons. The Bertz CT molecular complexity index is 451. The lowest BCUT2D eigenvalue weighted by atomic mass is 10.1. The number of thiophene rings is 1. The van der Waals surface area contributed by atoms with Gasteiger partial charge in [-0.3, -0.25) is 0 Å². The highest BCUT2D eigenvalue weighted by atomic mass is 35.5. The van der Waals surface area contributed by atoms with Crippen molar-refractivity contribution in [2.45, 2.75) is 23.6 Å². The van der Waals surface area contributed by atoms with Crippen LogP contribution in [0, 0.1) is 0 Å². The second-order valence-corrected chi connectivity index (χ2v) is 6.97. The van der Waals surface area contributed by atoms with Crippen molar-refractivity contribution in [3.8, 4) is 5.75 Å². The SMILES string of the molecule is COc1ccsc1S(=O)(=O)NCC(C)(C)N.Cl. The molecule has 0 saturated heterocycles. The van der Waals surface area contributed by atoms with E-state index in [0.29, 0.717) is 5.75 Å². The molecule has 1 heterocycles. The molecule has 0 aromatic carbocycles. The average molecular weight is 301 g/mol. The highest BCUT2D eigenvalue weighted by molar-refractivity contribution is 7.91. The van der Waals surface area contributed by atoms with E-state index < -0.39 is 15.6 Å². The molecule has 5 nitrogen and oxygen atoms in total. The zero-order valence-electron chi connectivity index (χ0n) is 9.89. The van der Waals surface area contributed by atoms with Crippen LogP contribution in [-0.4, -0.2) is 27.6 Å². The summed E-state index contributed by atoms with van der Waals surface area (Å²) in [6.45, 7) is 3.68. The van der Waals surface area contributed by atoms with Crippen LogP contribution < -0.4 is 15.2 Å². The molecule has 0 aliphatic heterocycles. The minimum absolute atomic E-state index is 0. The van der Waals surface area contributed by atoms with Crippen LogP contribution in [-0.2, 0) is 10.0 Å². The van der Waals surface area contributed by atoms with Gasteiger partial charge in [-0.25, -0.2) is 13.1 Å². The number of ether oxygens (including phenoxy) is 1. The Hall–Kier alpha value is -0.340. The number of methoxy groups -OCH3 is 1. The van der Waals surface area contributed by atoms with Gasteiger partial charge in [0, 0.05) is 12.1 Å². The lowest BCUT2D eigenvalue weighted by molar-refractivity contribution is 0.406. The number of hydrogen-bond acceptors (Lipinski definition) is 5. The molecule has 0 fully saturated rings. The van der Waals surface area contributed by atoms with Crippen LogP contribution in [0.15, 0.2) is 15.7 Å². The quantitative estimate of drug-likeness (QED) is 0.856. The maximum atomic E-state index is 11.9. The predicted octanol–water partition coefficient (Wildman–Crippen LogP) is 1.19.